The molecule has 0 saturated heterocycles. The molecule has 0 aliphatic carbocycles. The van der Waals surface area contributed by atoms with Crippen molar-refractivity contribution in [2.45, 2.75) is 12.6 Å². The number of aromatic nitrogens is 4. The molecular formula is C23H25ClIN7. The van der Waals surface area contributed by atoms with Crippen LogP contribution in [0.15, 0.2) is 90.4 Å². The van der Waals surface area contributed by atoms with Crippen molar-refractivity contribution in [1.82, 2.24) is 30.2 Å². The number of benzene rings is 2. The first-order valence-corrected chi connectivity index (χ1v) is 10.4. The largest absolute Gasteiger partial charge is 0.354 e. The van der Waals surface area contributed by atoms with Gasteiger partial charge in [0.15, 0.2) is 5.96 Å². The Morgan fingerprint density at radius 2 is 1.78 bits per heavy atom. The van der Waals surface area contributed by atoms with Gasteiger partial charge in [0, 0.05) is 49.9 Å². The molecule has 0 saturated carbocycles. The summed E-state index contributed by atoms with van der Waals surface area (Å²) in [5.74, 6) is 0.718. The molecule has 0 aliphatic heterocycles. The Labute approximate surface area is 209 Å². The van der Waals surface area contributed by atoms with Gasteiger partial charge in [0.1, 0.15) is 0 Å². The summed E-state index contributed by atoms with van der Waals surface area (Å²) in [5.41, 5.74) is 3.27. The van der Waals surface area contributed by atoms with Gasteiger partial charge < -0.3 is 10.6 Å². The molecule has 0 aliphatic rings. The first-order chi connectivity index (χ1) is 15.2. The van der Waals surface area contributed by atoms with Crippen LogP contribution in [0.4, 0.5) is 0 Å². The number of nitrogens with one attached hydrogen (secondary N) is 2. The van der Waals surface area contributed by atoms with E-state index in [0.717, 1.165) is 22.8 Å². The summed E-state index contributed by atoms with van der Waals surface area (Å²) >= 11 is 6.06. The van der Waals surface area contributed by atoms with Crippen LogP contribution in [0, 0.1) is 0 Å². The van der Waals surface area contributed by atoms with Gasteiger partial charge in [0.05, 0.1) is 11.7 Å². The van der Waals surface area contributed by atoms with E-state index in [1.54, 1.807) is 19.4 Å². The summed E-state index contributed by atoms with van der Waals surface area (Å²) in [5, 5.41) is 16.2. The number of hydrogen-bond acceptors (Lipinski definition) is 3. The number of nitrogens with zero attached hydrogens (tertiary/aromatic N) is 5. The van der Waals surface area contributed by atoms with E-state index < -0.39 is 0 Å². The first kappa shape index (κ1) is 23.8. The molecule has 2 N–H and O–H groups in total. The molecule has 166 valence electrons. The third-order valence-corrected chi connectivity index (χ3v) is 5.18. The normalized spacial score (nSPS) is 12.1. The van der Waals surface area contributed by atoms with Crippen molar-refractivity contribution < 1.29 is 0 Å². The molecule has 0 fully saturated rings. The van der Waals surface area contributed by atoms with Crippen LogP contribution in [-0.4, -0.2) is 39.1 Å². The zero-order valence-corrected chi connectivity index (χ0v) is 20.7. The first-order valence-electron chi connectivity index (χ1n) is 10.0. The summed E-state index contributed by atoms with van der Waals surface area (Å²) in [4.78, 5) is 4.36. The van der Waals surface area contributed by atoms with Crippen LogP contribution in [0.3, 0.4) is 0 Å². The average molecular weight is 562 g/mol. The Morgan fingerprint density at radius 1 is 1.00 bits per heavy atom. The van der Waals surface area contributed by atoms with Gasteiger partial charge in [0.2, 0.25) is 0 Å². The van der Waals surface area contributed by atoms with Crippen LogP contribution in [-0.2, 0) is 6.54 Å². The molecule has 0 amide bonds. The van der Waals surface area contributed by atoms with Gasteiger partial charge >= 0.3 is 0 Å². The minimum absolute atomic E-state index is 0. The molecular weight excluding hydrogens is 537 g/mol. The second-order valence-corrected chi connectivity index (χ2v) is 7.42. The van der Waals surface area contributed by atoms with Crippen LogP contribution >= 0.6 is 35.6 Å². The van der Waals surface area contributed by atoms with Crippen molar-refractivity contribution in [1.29, 1.82) is 0 Å². The highest BCUT2D eigenvalue weighted by Crippen LogP contribution is 2.19. The van der Waals surface area contributed by atoms with Gasteiger partial charge in [-0.05, 0) is 47.5 Å². The molecule has 7 nitrogen and oxygen atoms in total. The Bertz CT molecular complexity index is 1110. The molecule has 0 spiro atoms. The quantitative estimate of drug-likeness (QED) is 0.201. The van der Waals surface area contributed by atoms with Crippen LogP contribution in [0.2, 0.25) is 5.02 Å². The molecule has 0 bridgehead atoms. The van der Waals surface area contributed by atoms with Crippen molar-refractivity contribution in [2.24, 2.45) is 4.99 Å². The maximum Gasteiger partial charge on any atom is 0.191 e. The summed E-state index contributed by atoms with van der Waals surface area (Å²) in [6, 6.07) is 19.9. The second-order valence-electron chi connectivity index (χ2n) is 6.98. The van der Waals surface area contributed by atoms with E-state index in [0.29, 0.717) is 18.1 Å². The number of rotatable bonds is 7. The lowest BCUT2D eigenvalue weighted by Crippen LogP contribution is -2.40. The number of guanidine groups is 1. The van der Waals surface area contributed by atoms with E-state index in [1.807, 2.05) is 70.3 Å². The minimum Gasteiger partial charge on any atom is -0.354 e. The van der Waals surface area contributed by atoms with Gasteiger partial charge in [-0.3, -0.25) is 9.67 Å². The Balaban J connectivity index is 0.00000289. The van der Waals surface area contributed by atoms with Gasteiger partial charge in [-0.25, -0.2) is 4.68 Å². The van der Waals surface area contributed by atoms with Gasteiger partial charge in [-0.15, -0.1) is 24.0 Å². The number of hydrogen-bond donors (Lipinski definition) is 2. The Hall–Kier alpha value is -2.85. The van der Waals surface area contributed by atoms with E-state index in [-0.39, 0.29) is 30.0 Å². The standard InChI is InChI=1S/C23H24ClN7.HI/c1-25-23(26-16-18-5-2-6-21(15-18)30-13-3-11-28-30)27-17-22(31-14-4-12-29-31)19-7-9-20(24)10-8-19;/h2-15,22H,16-17H2,1H3,(H2,25,26,27);1H. The van der Waals surface area contributed by atoms with E-state index >= 15 is 0 Å². The maximum atomic E-state index is 6.06. The summed E-state index contributed by atoms with van der Waals surface area (Å²) in [7, 11) is 1.76. The minimum atomic E-state index is 0. The predicted molar refractivity (Wildman–Crippen MR) is 139 cm³/mol. The third-order valence-electron chi connectivity index (χ3n) is 4.92. The van der Waals surface area contributed by atoms with Crippen LogP contribution < -0.4 is 10.6 Å². The number of halogens is 2. The third kappa shape index (κ3) is 6.10. The van der Waals surface area contributed by atoms with Gasteiger partial charge in [0.25, 0.3) is 0 Å². The molecule has 1 atom stereocenters. The van der Waals surface area contributed by atoms with E-state index in [4.69, 9.17) is 11.6 Å². The molecule has 2 aromatic carbocycles. The fraction of sp³-hybridized carbons (Fsp3) is 0.174. The lowest BCUT2D eigenvalue weighted by molar-refractivity contribution is 0.510. The number of aliphatic imine (C=N–C) groups is 1. The van der Waals surface area contributed by atoms with E-state index in [1.165, 1.54) is 0 Å². The Morgan fingerprint density at radius 3 is 2.47 bits per heavy atom. The van der Waals surface area contributed by atoms with Crippen molar-refractivity contribution in [3.8, 4) is 5.69 Å². The molecule has 1 unspecified atom stereocenters. The highest BCUT2D eigenvalue weighted by Gasteiger charge is 2.15. The molecule has 2 aromatic heterocycles. The summed E-state index contributed by atoms with van der Waals surface area (Å²) in [6.45, 7) is 1.26. The molecule has 4 aromatic rings. The Kier molecular flexibility index (Phi) is 8.69. The highest BCUT2D eigenvalue weighted by molar-refractivity contribution is 14.0. The van der Waals surface area contributed by atoms with Crippen LogP contribution in [0.5, 0.6) is 0 Å². The average Bonchev–Trinajstić information content (AvgIpc) is 3.52. The van der Waals surface area contributed by atoms with Crippen LogP contribution in [0.25, 0.3) is 5.69 Å². The molecule has 0 radical (unpaired) electrons. The molecule has 32 heavy (non-hydrogen) atoms. The smallest absolute Gasteiger partial charge is 0.191 e. The molecule has 9 heteroatoms. The zero-order valence-electron chi connectivity index (χ0n) is 17.6. The maximum absolute atomic E-state index is 6.06. The molecule has 2 heterocycles. The van der Waals surface area contributed by atoms with Crippen molar-refractivity contribution >= 4 is 41.5 Å². The molecule has 4 rings (SSSR count). The predicted octanol–water partition coefficient (Wildman–Crippen LogP) is 4.29. The zero-order chi connectivity index (χ0) is 21.5. The van der Waals surface area contributed by atoms with E-state index in [9.17, 15) is 0 Å². The van der Waals surface area contributed by atoms with E-state index in [2.05, 4.69) is 38.0 Å². The summed E-state index contributed by atoms with van der Waals surface area (Å²) in [6.07, 6.45) is 7.44. The van der Waals surface area contributed by atoms with Gasteiger partial charge in [-0.2, -0.15) is 10.2 Å². The van der Waals surface area contributed by atoms with Crippen molar-refractivity contribution in [3.63, 3.8) is 0 Å². The topological polar surface area (TPSA) is 72.1 Å². The fourth-order valence-corrected chi connectivity index (χ4v) is 3.47. The SMILES string of the molecule is CN=C(NCc1cccc(-n2cccn2)c1)NCC(c1ccc(Cl)cc1)n1cccn1.I. The monoisotopic (exact) mass is 561 g/mol. The van der Waals surface area contributed by atoms with Crippen molar-refractivity contribution in [3.05, 3.63) is 102 Å². The van der Waals surface area contributed by atoms with Crippen molar-refractivity contribution in [2.75, 3.05) is 13.6 Å². The van der Waals surface area contributed by atoms with Gasteiger partial charge in [-0.1, -0.05) is 35.9 Å². The summed E-state index contributed by atoms with van der Waals surface area (Å²) < 4.78 is 3.77. The highest BCUT2D eigenvalue weighted by atomic mass is 127. The lowest BCUT2D eigenvalue weighted by atomic mass is 10.1. The lowest BCUT2D eigenvalue weighted by Gasteiger charge is -2.21. The van der Waals surface area contributed by atoms with Crippen LogP contribution in [0.1, 0.15) is 17.2 Å². The fourth-order valence-electron chi connectivity index (χ4n) is 3.34. The second kappa shape index (κ2) is 11.7.